The van der Waals surface area contributed by atoms with Crippen molar-refractivity contribution in [2.24, 2.45) is 40.4 Å². The van der Waals surface area contributed by atoms with E-state index in [0.717, 1.165) is 55.8 Å². The molecule has 0 aromatic carbocycles. The van der Waals surface area contributed by atoms with Crippen LogP contribution in [0.1, 0.15) is 105 Å². The lowest BCUT2D eigenvalue weighted by Gasteiger charge is -2.59. The lowest BCUT2D eigenvalue weighted by molar-refractivity contribution is -0.120. The van der Waals surface area contributed by atoms with Gasteiger partial charge in [-0.25, -0.2) is 0 Å². The molecule has 0 heterocycles. The summed E-state index contributed by atoms with van der Waals surface area (Å²) in [4.78, 5) is 12.0. The summed E-state index contributed by atoms with van der Waals surface area (Å²) in [7, 11) is 0. The van der Waals surface area contributed by atoms with Crippen molar-refractivity contribution in [1.29, 1.82) is 0 Å². The molecule has 29 heavy (non-hydrogen) atoms. The Labute approximate surface area is 178 Å². The van der Waals surface area contributed by atoms with E-state index in [1.165, 1.54) is 44.1 Å². The topological polar surface area (TPSA) is 37.3 Å². The third-order valence-corrected chi connectivity index (χ3v) is 10.2. The predicted molar refractivity (Wildman–Crippen MR) is 120 cm³/mol. The molecule has 4 aliphatic carbocycles. The maximum absolute atomic E-state index is 12.0. The van der Waals surface area contributed by atoms with E-state index in [2.05, 4.69) is 34.6 Å². The number of carbonyl (C=O) groups is 1. The molecule has 0 amide bonds. The molecule has 0 aromatic rings. The quantitative estimate of drug-likeness (QED) is 0.556. The number of hydrogen-bond acceptors (Lipinski definition) is 2. The van der Waals surface area contributed by atoms with E-state index < -0.39 is 5.60 Å². The number of aliphatic hydroxyl groups is 1. The molecule has 0 bridgehead atoms. The van der Waals surface area contributed by atoms with Crippen LogP contribution in [0.15, 0.2) is 11.6 Å². The molecule has 7 atom stereocenters. The summed E-state index contributed by atoms with van der Waals surface area (Å²) >= 11 is 0. The Morgan fingerprint density at radius 3 is 2.59 bits per heavy atom. The number of allylic oxidation sites excluding steroid dienone is 1. The molecule has 4 aliphatic rings. The van der Waals surface area contributed by atoms with Crippen LogP contribution in [0.25, 0.3) is 0 Å². The van der Waals surface area contributed by atoms with Crippen LogP contribution in [0.5, 0.6) is 0 Å². The monoisotopic (exact) mass is 400 g/mol. The fourth-order valence-corrected chi connectivity index (χ4v) is 8.62. The Morgan fingerprint density at radius 1 is 1.10 bits per heavy atom. The molecule has 2 nitrogen and oxygen atoms in total. The van der Waals surface area contributed by atoms with E-state index in [4.69, 9.17) is 0 Å². The molecule has 1 N–H and O–H groups in total. The smallest absolute Gasteiger partial charge is 0.155 e. The average molecular weight is 401 g/mol. The van der Waals surface area contributed by atoms with Crippen LogP contribution in [0, 0.1) is 40.4 Å². The Morgan fingerprint density at radius 2 is 1.86 bits per heavy atom. The summed E-state index contributed by atoms with van der Waals surface area (Å²) in [6, 6.07) is 0. The second kappa shape index (κ2) is 7.50. The van der Waals surface area contributed by atoms with Crippen LogP contribution in [0.3, 0.4) is 0 Å². The fourth-order valence-electron chi connectivity index (χ4n) is 8.62. The largest absolute Gasteiger partial charge is 0.390 e. The first-order valence-electron chi connectivity index (χ1n) is 12.5. The molecule has 3 unspecified atom stereocenters. The highest BCUT2D eigenvalue weighted by Gasteiger charge is 2.61. The Bertz CT molecular complexity index is 674. The van der Waals surface area contributed by atoms with Gasteiger partial charge in [0.2, 0.25) is 0 Å². The van der Waals surface area contributed by atoms with Crippen molar-refractivity contribution in [2.75, 3.05) is 0 Å². The zero-order valence-electron chi connectivity index (χ0n) is 19.6. The third-order valence-electron chi connectivity index (χ3n) is 10.2. The molecule has 3 fully saturated rings. The van der Waals surface area contributed by atoms with Crippen LogP contribution in [0.2, 0.25) is 0 Å². The van der Waals surface area contributed by atoms with E-state index in [-0.39, 0.29) is 5.41 Å². The molecule has 3 saturated carbocycles. The van der Waals surface area contributed by atoms with Gasteiger partial charge in [-0.1, -0.05) is 46.1 Å². The van der Waals surface area contributed by atoms with E-state index in [0.29, 0.717) is 17.1 Å². The Kier molecular flexibility index (Phi) is 5.59. The summed E-state index contributed by atoms with van der Waals surface area (Å²) in [6.07, 6.45) is 14.6. The summed E-state index contributed by atoms with van der Waals surface area (Å²) < 4.78 is 0. The highest BCUT2D eigenvalue weighted by Crippen LogP contribution is 2.68. The van der Waals surface area contributed by atoms with Gasteiger partial charge in [0.05, 0.1) is 5.60 Å². The molecule has 0 saturated heterocycles. The number of rotatable bonds is 5. The third kappa shape index (κ3) is 3.56. The second-order valence-corrected chi connectivity index (χ2v) is 12.3. The molecule has 0 aromatic heterocycles. The maximum Gasteiger partial charge on any atom is 0.155 e. The molecule has 0 spiro atoms. The minimum absolute atomic E-state index is 0.260. The van der Waals surface area contributed by atoms with Crippen LogP contribution in [-0.2, 0) is 4.79 Å². The van der Waals surface area contributed by atoms with E-state index in [1.54, 1.807) is 0 Å². The molecular weight excluding hydrogens is 356 g/mol. The minimum Gasteiger partial charge on any atom is -0.390 e. The predicted octanol–water partition coefficient (Wildman–Crippen LogP) is 6.71. The summed E-state index contributed by atoms with van der Waals surface area (Å²) in [5.74, 6) is 3.83. The lowest BCUT2D eigenvalue weighted by atomic mass is 9.46. The normalized spacial score (nSPS) is 44.0. The SMILES string of the molecule is CC(C)CCC[C@](C)(O)[C@H]1CCC2C3CCC4=CC(=O)CC[C@]4(C)C3CC[C@@]21C. The van der Waals surface area contributed by atoms with Gasteiger partial charge < -0.3 is 5.11 Å². The van der Waals surface area contributed by atoms with Gasteiger partial charge in [-0.3, -0.25) is 4.79 Å². The number of fused-ring (bicyclic) bond motifs is 5. The van der Waals surface area contributed by atoms with Crippen molar-refractivity contribution in [3.63, 3.8) is 0 Å². The van der Waals surface area contributed by atoms with Crippen LogP contribution >= 0.6 is 0 Å². The molecule has 0 aliphatic heterocycles. The van der Waals surface area contributed by atoms with Gasteiger partial charge in [-0.2, -0.15) is 0 Å². The fraction of sp³-hybridized carbons (Fsp3) is 0.889. The maximum atomic E-state index is 12.0. The van der Waals surface area contributed by atoms with E-state index in [9.17, 15) is 9.90 Å². The first-order valence-corrected chi connectivity index (χ1v) is 12.5. The molecule has 4 rings (SSSR count). The number of hydrogen-bond donors (Lipinski definition) is 1. The lowest BCUT2D eigenvalue weighted by Crippen LogP contribution is -2.53. The van der Waals surface area contributed by atoms with Gasteiger partial charge in [0, 0.05) is 6.42 Å². The average Bonchev–Trinajstić information content (AvgIpc) is 3.00. The summed E-state index contributed by atoms with van der Waals surface area (Å²) in [5.41, 5.74) is 1.50. The van der Waals surface area contributed by atoms with Crippen molar-refractivity contribution < 1.29 is 9.90 Å². The van der Waals surface area contributed by atoms with Gasteiger partial charge in [-0.05, 0) is 105 Å². The number of carbonyl (C=O) groups excluding carboxylic acids is 1. The van der Waals surface area contributed by atoms with Crippen molar-refractivity contribution in [3.05, 3.63) is 11.6 Å². The van der Waals surface area contributed by atoms with E-state index >= 15 is 0 Å². The standard InChI is InChI=1S/C27H44O2/c1-18(2)7-6-14-27(5,29)24-11-10-22-21-9-8-19-17-20(28)12-15-25(19,3)23(21)13-16-26(22,24)4/h17-18,21-24,29H,6-16H2,1-5H3/t21?,22?,23?,24-,25-,26-,27-/m0/s1. The zero-order valence-corrected chi connectivity index (χ0v) is 19.6. The molecule has 0 radical (unpaired) electrons. The summed E-state index contributed by atoms with van der Waals surface area (Å²) in [6.45, 7) is 11.7. The highest BCUT2D eigenvalue weighted by molar-refractivity contribution is 5.91. The van der Waals surface area contributed by atoms with Gasteiger partial charge in [0.15, 0.2) is 5.78 Å². The van der Waals surface area contributed by atoms with Crippen molar-refractivity contribution in [2.45, 2.75) is 111 Å². The van der Waals surface area contributed by atoms with Crippen molar-refractivity contribution >= 4 is 5.78 Å². The van der Waals surface area contributed by atoms with Crippen LogP contribution in [-0.4, -0.2) is 16.5 Å². The number of ketones is 1. The summed E-state index contributed by atoms with van der Waals surface area (Å²) in [5, 5.41) is 11.5. The zero-order chi connectivity index (χ0) is 21.0. The van der Waals surface area contributed by atoms with Gasteiger partial charge in [-0.15, -0.1) is 0 Å². The molecule has 2 heteroatoms. The first kappa shape index (κ1) is 21.6. The van der Waals surface area contributed by atoms with Gasteiger partial charge in [0.25, 0.3) is 0 Å². The van der Waals surface area contributed by atoms with Crippen LogP contribution < -0.4 is 0 Å². The van der Waals surface area contributed by atoms with Gasteiger partial charge in [0.1, 0.15) is 0 Å². The van der Waals surface area contributed by atoms with E-state index in [1.807, 2.05) is 6.08 Å². The molecule has 164 valence electrons. The Hall–Kier alpha value is -0.630. The second-order valence-electron chi connectivity index (χ2n) is 12.3. The molecular formula is C27H44O2. The first-order chi connectivity index (χ1) is 13.6. The highest BCUT2D eigenvalue weighted by atomic mass is 16.3. The van der Waals surface area contributed by atoms with Crippen molar-refractivity contribution in [3.8, 4) is 0 Å². The van der Waals surface area contributed by atoms with Crippen molar-refractivity contribution in [1.82, 2.24) is 0 Å². The minimum atomic E-state index is -0.522. The van der Waals surface area contributed by atoms with Gasteiger partial charge >= 0.3 is 0 Å². The van der Waals surface area contributed by atoms with Crippen LogP contribution in [0.4, 0.5) is 0 Å². The Balaban J connectivity index is 1.53.